The van der Waals surface area contributed by atoms with E-state index in [1.165, 1.54) is 37.7 Å². The van der Waals surface area contributed by atoms with Gasteiger partial charge in [0.1, 0.15) is 9.81 Å². The van der Waals surface area contributed by atoms with Crippen molar-refractivity contribution in [1.29, 1.82) is 0 Å². The van der Waals surface area contributed by atoms with Gasteiger partial charge in [0.2, 0.25) is 0 Å². The van der Waals surface area contributed by atoms with E-state index in [0.717, 1.165) is 41.8 Å². The fourth-order valence-corrected chi connectivity index (χ4v) is 7.44. The summed E-state index contributed by atoms with van der Waals surface area (Å²) >= 11 is 5.11. The molecule has 0 bridgehead atoms. The van der Waals surface area contributed by atoms with E-state index < -0.39 is 18.2 Å². The zero-order valence-corrected chi connectivity index (χ0v) is 18.5. The molecule has 7 nitrogen and oxygen atoms in total. The summed E-state index contributed by atoms with van der Waals surface area (Å²) < 4.78 is 22.4. The summed E-state index contributed by atoms with van der Waals surface area (Å²) in [6.07, 6.45) is -0.567. The molecule has 2 aliphatic rings. The van der Waals surface area contributed by atoms with Crippen LogP contribution < -0.4 is 0 Å². The molecule has 2 rings (SSSR count). The molecule has 2 aliphatic heterocycles. The van der Waals surface area contributed by atoms with Crippen molar-refractivity contribution < 1.29 is 33.6 Å². The monoisotopic (exact) mass is 452 g/mol. The van der Waals surface area contributed by atoms with Crippen molar-refractivity contribution in [1.82, 2.24) is 0 Å². The molecule has 0 amide bonds. The highest BCUT2D eigenvalue weighted by atomic mass is 32.2. The first-order valence-electron chi connectivity index (χ1n) is 7.94. The Morgan fingerprint density at radius 3 is 1.78 bits per heavy atom. The molecular weight excluding hydrogens is 432 g/mol. The maximum absolute atomic E-state index is 12.0. The van der Waals surface area contributed by atoms with Crippen molar-refractivity contribution in [3.8, 4) is 0 Å². The van der Waals surface area contributed by atoms with Crippen molar-refractivity contribution in [2.75, 3.05) is 34.0 Å². The van der Waals surface area contributed by atoms with Gasteiger partial charge < -0.3 is 24.1 Å². The van der Waals surface area contributed by atoms with Crippen LogP contribution in [0.3, 0.4) is 0 Å². The van der Waals surface area contributed by atoms with Gasteiger partial charge >= 0.3 is 11.9 Å². The second-order valence-electron chi connectivity index (χ2n) is 4.81. The van der Waals surface area contributed by atoms with Crippen LogP contribution >= 0.6 is 47.0 Å². The van der Waals surface area contributed by atoms with Crippen molar-refractivity contribution >= 4 is 59.0 Å². The van der Waals surface area contributed by atoms with Gasteiger partial charge in [0.25, 0.3) is 0 Å². The number of thioether (sulfide) groups is 4. The Bertz CT molecular complexity index is 663. The summed E-state index contributed by atoms with van der Waals surface area (Å²) in [6.45, 7) is 4.52. The van der Waals surface area contributed by atoms with Crippen molar-refractivity contribution in [3.05, 3.63) is 28.1 Å². The van der Waals surface area contributed by atoms with Gasteiger partial charge in [-0.2, -0.15) is 0 Å². The predicted molar refractivity (Wildman–Crippen MR) is 110 cm³/mol. The zero-order valence-electron chi connectivity index (χ0n) is 15.2. The lowest BCUT2D eigenvalue weighted by atomic mass is 10.4. The molecule has 0 radical (unpaired) electrons. The van der Waals surface area contributed by atoms with Crippen LogP contribution in [0.1, 0.15) is 13.8 Å². The molecule has 2 heterocycles. The van der Waals surface area contributed by atoms with Gasteiger partial charge in [-0.1, -0.05) is 47.0 Å². The average molecular weight is 453 g/mol. The number of hydrogen-bond donors (Lipinski definition) is 1. The maximum Gasteiger partial charge on any atom is 0.346 e. The molecule has 0 spiro atoms. The third kappa shape index (κ3) is 5.28. The molecule has 150 valence electrons. The van der Waals surface area contributed by atoms with E-state index in [4.69, 9.17) is 18.9 Å². The third-order valence-electron chi connectivity index (χ3n) is 3.19. The molecule has 0 aromatic heterocycles. The van der Waals surface area contributed by atoms with Crippen LogP contribution in [0.15, 0.2) is 28.1 Å². The van der Waals surface area contributed by atoms with Crippen LogP contribution in [-0.4, -0.2) is 57.4 Å². The summed E-state index contributed by atoms with van der Waals surface area (Å²) in [4.78, 5) is 25.9. The molecule has 11 heteroatoms. The molecule has 0 aromatic carbocycles. The van der Waals surface area contributed by atoms with E-state index in [9.17, 15) is 14.7 Å². The first kappa shape index (κ1) is 22.7. The lowest BCUT2D eigenvalue weighted by Gasteiger charge is -2.18. The summed E-state index contributed by atoms with van der Waals surface area (Å²) in [5, 5.41) is 9.74. The van der Waals surface area contributed by atoms with Gasteiger partial charge in [-0.3, -0.25) is 0 Å². The highest BCUT2D eigenvalue weighted by molar-refractivity contribution is 8.34. The molecule has 1 N–H and O–H groups in total. The molecule has 27 heavy (non-hydrogen) atoms. The number of hydrogen-bond acceptors (Lipinski definition) is 11. The minimum absolute atomic E-state index is 0.156. The summed E-state index contributed by atoms with van der Waals surface area (Å²) in [7, 11) is 2.52. The van der Waals surface area contributed by atoms with Gasteiger partial charge in [0, 0.05) is 18.1 Å². The highest BCUT2D eigenvalue weighted by Gasteiger charge is 2.37. The number of esters is 2. The number of methoxy groups -OCH3 is 2. The van der Waals surface area contributed by atoms with Crippen LogP contribution in [-0.2, 0) is 28.5 Å². The molecule has 0 atom stereocenters. The van der Waals surface area contributed by atoms with Crippen LogP contribution in [0.5, 0.6) is 0 Å². The second kappa shape index (κ2) is 10.8. The predicted octanol–water partition coefficient (Wildman–Crippen LogP) is 3.23. The number of carbonyl (C=O) groups is 2. The fraction of sp³-hybridized carbons (Fsp3) is 0.500. The lowest BCUT2D eigenvalue weighted by molar-refractivity contribution is -0.138. The Kier molecular flexibility index (Phi) is 9.12. The standard InChI is InChI=1S/C16H20O7S4/c1-5-22-14(23-6-2)9-8(7-17)24-15(25-9)16-26-10(12(18)20-3)11(27-16)13(19)21-4/h14,17H,5-7H2,1-4H3. The topological polar surface area (TPSA) is 91.3 Å². The van der Waals surface area contributed by atoms with E-state index in [2.05, 4.69) is 0 Å². The van der Waals surface area contributed by atoms with E-state index in [-0.39, 0.29) is 16.4 Å². The van der Waals surface area contributed by atoms with Crippen molar-refractivity contribution in [2.45, 2.75) is 20.1 Å². The van der Waals surface area contributed by atoms with Crippen LogP contribution in [0.4, 0.5) is 0 Å². The van der Waals surface area contributed by atoms with Gasteiger partial charge in [-0.05, 0) is 13.8 Å². The number of ether oxygens (including phenoxy) is 4. The minimum Gasteiger partial charge on any atom is -0.465 e. The third-order valence-corrected chi connectivity index (χ3v) is 8.93. The Morgan fingerprint density at radius 1 is 0.889 bits per heavy atom. The smallest absolute Gasteiger partial charge is 0.346 e. The lowest BCUT2D eigenvalue weighted by Crippen LogP contribution is -2.19. The molecular formula is C16H20O7S4. The van der Waals surface area contributed by atoms with Crippen LogP contribution in [0, 0.1) is 0 Å². The number of carbonyl (C=O) groups excluding carboxylic acids is 2. The quantitative estimate of drug-likeness (QED) is 0.435. The van der Waals surface area contributed by atoms with E-state index in [1.807, 2.05) is 13.8 Å². The van der Waals surface area contributed by atoms with Crippen molar-refractivity contribution in [3.63, 3.8) is 0 Å². The molecule has 0 saturated carbocycles. The second-order valence-corrected chi connectivity index (χ2v) is 9.53. The Balaban J connectivity index is 2.28. The SMILES string of the molecule is CCOC(OCC)C1=C(CO)SC(=C2SC(C(=O)OC)=C(C(=O)OC)S2)S1. The van der Waals surface area contributed by atoms with Gasteiger partial charge in [0.05, 0.1) is 34.2 Å². The van der Waals surface area contributed by atoms with Gasteiger partial charge in [-0.25, -0.2) is 9.59 Å². The fourth-order valence-electron chi connectivity index (χ4n) is 2.05. The van der Waals surface area contributed by atoms with Gasteiger partial charge in [-0.15, -0.1) is 0 Å². The Hall–Kier alpha value is -0.560. The molecule has 0 saturated heterocycles. The van der Waals surface area contributed by atoms with Crippen LogP contribution in [0.2, 0.25) is 0 Å². The summed E-state index contributed by atoms with van der Waals surface area (Å²) in [5.74, 6) is -1.18. The number of aliphatic hydroxyl groups excluding tert-OH is 1. The summed E-state index contributed by atoms with van der Waals surface area (Å²) in [5.41, 5.74) is 0. The van der Waals surface area contributed by atoms with E-state index in [1.54, 1.807) is 0 Å². The first-order valence-corrected chi connectivity index (χ1v) is 11.2. The molecule has 0 aromatic rings. The molecule has 0 unspecified atom stereocenters. The summed E-state index contributed by atoms with van der Waals surface area (Å²) in [6, 6.07) is 0. The first-order chi connectivity index (χ1) is 13.0. The Morgan fingerprint density at radius 2 is 1.37 bits per heavy atom. The van der Waals surface area contributed by atoms with Crippen molar-refractivity contribution in [2.24, 2.45) is 0 Å². The van der Waals surface area contributed by atoms with E-state index in [0.29, 0.717) is 13.2 Å². The average Bonchev–Trinajstić information content (AvgIpc) is 3.30. The normalized spacial score (nSPS) is 17.4. The highest BCUT2D eigenvalue weighted by Crippen LogP contribution is 2.60. The van der Waals surface area contributed by atoms with Gasteiger partial charge in [0.15, 0.2) is 6.29 Å². The number of rotatable bonds is 8. The molecule has 0 aliphatic carbocycles. The Labute approximate surface area is 174 Å². The number of aliphatic hydroxyl groups is 1. The zero-order chi connectivity index (χ0) is 20.0. The van der Waals surface area contributed by atoms with E-state index >= 15 is 0 Å². The van der Waals surface area contributed by atoms with Crippen LogP contribution in [0.25, 0.3) is 0 Å². The minimum atomic E-state index is -0.589. The maximum atomic E-state index is 12.0. The molecule has 0 fully saturated rings. The largest absolute Gasteiger partial charge is 0.465 e.